The molecule has 1 saturated heterocycles. The molecule has 1 aromatic rings. The van der Waals surface area contributed by atoms with Gasteiger partial charge in [-0.05, 0) is 24.8 Å². The maximum Gasteiger partial charge on any atom is 0.184 e. The van der Waals surface area contributed by atoms with Crippen LogP contribution in [0.5, 0.6) is 0 Å². The van der Waals surface area contributed by atoms with Gasteiger partial charge in [0.1, 0.15) is 0 Å². The monoisotopic (exact) mass is 365 g/mol. The summed E-state index contributed by atoms with van der Waals surface area (Å²) in [6.07, 6.45) is 13.9. The Kier molecular flexibility index (Phi) is 9.45. The second kappa shape index (κ2) is 11.3. The van der Waals surface area contributed by atoms with E-state index in [-0.39, 0.29) is 6.29 Å². The summed E-state index contributed by atoms with van der Waals surface area (Å²) in [5, 5.41) is 0. The zero-order valence-corrected chi connectivity index (χ0v) is 17.5. The van der Waals surface area contributed by atoms with Crippen LogP contribution in [0.15, 0.2) is 24.3 Å². The second-order valence-electron chi connectivity index (χ2n) is 7.55. The van der Waals surface area contributed by atoms with Crippen LogP contribution >= 0.6 is 7.26 Å². The minimum atomic E-state index is -0.870. The number of hydrogen-bond acceptors (Lipinski definition) is 2. The van der Waals surface area contributed by atoms with E-state index in [1.54, 1.807) is 0 Å². The quantitative estimate of drug-likeness (QED) is 0.386. The van der Waals surface area contributed by atoms with Gasteiger partial charge in [0, 0.05) is 12.8 Å². The number of unbranched alkanes of at least 4 members (excludes halogenated alkanes) is 3. The first-order chi connectivity index (χ1) is 12.2. The number of hydrogen-bond donors (Lipinski definition) is 0. The fourth-order valence-electron chi connectivity index (χ4n) is 3.77. The molecule has 0 saturated carbocycles. The molecule has 0 N–H and O–H groups in total. The molecule has 0 atom stereocenters. The Morgan fingerprint density at radius 3 is 1.72 bits per heavy atom. The maximum absolute atomic E-state index is 5.62. The SMILES string of the molecule is CCCC[P+](CCCC)(CCCC)Cc1ccc(C2OCCO2)cc1. The van der Waals surface area contributed by atoms with Crippen molar-refractivity contribution in [3.63, 3.8) is 0 Å². The van der Waals surface area contributed by atoms with Crippen LogP contribution in [0.3, 0.4) is 0 Å². The molecule has 2 nitrogen and oxygen atoms in total. The van der Waals surface area contributed by atoms with E-state index >= 15 is 0 Å². The van der Waals surface area contributed by atoms with Crippen LogP contribution in [0, 0.1) is 0 Å². The number of rotatable bonds is 12. The van der Waals surface area contributed by atoms with E-state index in [0.29, 0.717) is 13.2 Å². The van der Waals surface area contributed by atoms with E-state index < -0.39 is 7.26 Å². The second-order valence-corrected chi connectivity index (χ2v) is 11.9. The maximum atomic E-state index is 5.62. The van der Waals surface area contributed by atoms with Crippen molar-refractivity contribution in [3.8, 4) is 0 Å². The lowest BCUT2D eigenvalue weighted by Gasteiger charge is -2.28. The predicted octanol–water partition coefficient (Wildman–Crippen LogP) is 6.65. The van der Waals surface area contributed by atoms with Crippen molar-refractivity contribution < 1.29 is 9.47 Å². The van der Waals surface area contributed by atoms with Gasteiger partial charge in [0.25, 0.3) is 0 Å². The Labute approximate surface area is 156 Å². The van der Waals surface area contributed by atoms with Crippen LogP contribution < -0.4 is 0 Å². The van der Waals surface area contributed by atoms with Gasteiger partial charge in [0.15, 0.2) is 6.29 Å². The molecule has 2 rings (SSSR count). The first-order valence-electron chi connectivity index (χ1n) is 10.4. The van der Waals surface area contributed by atoms with Crippen LogP contribution in [0.4, 0.5) is 0 Å². The first-order valence-corrected chi connectivity index (χ1v) is 12.9. The normalized spacial score (nSPS) is 15.8. The number of ether oxygens (including phenoxy) is 2. The van der Waals surface area contributed by atoms with Gasteiger partial charge in [0.05, 0.1) is 37.9 Å². The van der Waals surface area contributed by atoms with Crippen molar-refractivity contribution in [2.75, 3.05) is 31.7 Å². The van der Waals surface area contributed by atoms with Crippen molar-refractivity contribution >= 4 is 7.26 Å². The van der Waals surface area contributed by atoms with Crippen molar-refractivity contribution in [2.24, 2.45) is 0 Å². The van der Waals surface area contributed by atoms with Crippen molar-refractivity contribution in [2.45, 2.75) is 71.7 Å². The van der Waals surface area contributed by atoms with Gasteiger partial charge in [-0.2, -0.15) is 0 Å². The lowest BCUT2D eigenvalue weighted by Crippen LogP contribution is -2.11. The van der Waals surface area contributed by atoms with Crippen LogP contribution in [-0.4, -0.2) is 31.7 Å². The standard InChI is InChI=1S/C22H38O2P/c1-4-7-16-25(17-8-5-2,18-9-6-3)19-20-10-12-21(13-11-20)22-23-14-15-24-22/h10-13,22H,4-9,14-19H2,1-3H3/q+1. The highest BCUT2D eigenvalue weighted by Crippen LogP contribution is 2.63. The van der Waals surface area contributed by atoms with Crippen molar-refractivity contribution in [1.29, 1.82) is 0 Å². The van der Waals surface area contributed by atoms with Gasteiger partial charge in [-0.25, -0.2) is 0 Å². The van der Waals surface area contributed by atoms with E-state index in [1.165, 1.54) is 74.3 Å². The highest BCUT2D eigenvalue weighted by Gasteiger charge is 2.35. The summed E-state index contributed by atoms with van der Waals surface area (Å²) in [7, 11) is -0.870. The van der Waals surface area contributed by atoms with E-state index in [9.17, 15) is 0 Å². The Morgan fingerprint density at radius 1 is 0.800 bits per heavy atom. The van der Waals surface area contributed by atoms with Crippen LogP contribution in [-0.2, 0) is 15.6 Å². The average molecular weight is 366 g/mol. The zero-order chi connectivity index (χ0) is 18.0. The summed E-state index contributed by atoms with van der Waals surface area (Å²) < 4.78 is 11.2. The van der Waals surface area contributed by atoms with E-state index in [0.717, 1.165) is 0 Å². The summed E-state index contributed by atoms with van der Waals surface area (Å²) in [5.41, 5.74) is 2.69. The molecule has 1 fully saturated rings. The van der Waals surface area contributed by atoms with E-state index in [2.05, 4.69) is 45.0 Å². The first kappa shape index (κ1) is 20.9. The Bertz CT molecular complexity index is 444. The lowest BCUT2D eigenvalue weighted by atomic mass is 10.1. The smallest absolute Gasteiger partial charge is 0.184 e. The molecule has 1 heterocycles. The molecule has 0 radical (unpaired) electrons. The fourth-order valence-corrected chi connectivity index (χ4v) is 8.86. The summed E-state index contributed by atoms with van der Waals surface area (Å²) in [4.78, 5) is 0. The van der Waals surface area contributed by atoms with Crippen LogP contribution in [0.25, 0.3) is 0 Å². The summed E-state index contributed by atoms with van der Waals surface area (Å²) in [6.45, 7) is 8.44. The molecule has 0 aliphatic carbocycles. The predicted molar refractivity (Wildman–Crippen MR) is 111 cm³/mol. The molecule has 1 aromatic carbocycles. The molecule has 0 amide bonds. The van der Waals surface area contributed by atoms with Crippen LogP contribution in [0.1, 0.15) is 76.7 Å². The molecule has 1 aliphatic rings. The highest BCUT2D eigenvalue weighted by atomic mass is 31.2. The average Bonchev–Trinajstić information content (AvgIpc) is 3.18. The fraction of sp³-hybridized carbons (Fsp3) is 0.727. The number of benzene rings is 1. The Hall–Kier alpha value is -0.430. The minimum absolute atomic E-state index is 0.145. The molecule has 0 spiro atoms. The summed E-state index contributed by atoms with van der Waals surface area (Å²) in [5.74, 6) is 0. The summed E-state index contributed by atoms with van der Waals surface area (Å²) in [6, 6.07) is 9.11. The molecular formula is C22H38O2P+. The molecule has 142 valence electrons. The molecular weight excluding hydrogens is 327 g/mol. The van der Waals surface area contributed by atoms with Gasteiger partial charge in [0.2, 0.25) is 0 Å². The minimum Gasteiger partial charge on any atom is -0.346 e. The largest absolute Gasteiger partial charge is 0.346 e. The third-order valence-corrected chi connectivity index (χ3v) is 10.2. The zero-order valence-electron chi connectivity index (χ0n) is 16.6. The Morgan fingerprint density at radius 2 is 1.28 bits per heavy atom. The molecule has 25 heavy (non-hydrogen) atoms. The molecule has 0 aromatic heterocycles. The third kappa shape index (κ3) is 6.66. The lowest BCUT2D eigenvalue weighted by molar-refractivity contribution is -0.0441. The third-order valence-electron chi connectivity index (χ3n) is 5.35. The van der Waals surface area contributed by atoms with Gasteiger partial charge >= 0.3 is 0 Å². The summed E-state index contributed by atoms with van der Waals surface area (Å²) >= 11 is 0. The topological polar surface area (TPSA) is 18.5 Å². The van der Waals surface area contributed by atoms with E-state index in [1.807, 2.05) is 0 Å². The molecule has 3 heteroatoms. The van der Waals surface area contributed by atoms with Gasteiger partial charge in [-0.1, -0.05) is 64.3 Å². The molecule has 0 bridgehead atoms. The van der Waals surface area contributed by atoms with Gasteiger partial charge < -0.3 is 9.47 Å². The van der Waals surface area contributed by atoms with Gasteiger partial charge in [-0.3, -0.25) is 0 Å². The molecule has 0 unspecified atom stereocenters. The van der Waals surface area contributed by atoms with Crippen molar-refractivity contribution in [1.82, 2.24) is 0 Å². The van der Waals surface area contributed by atoms with E-state index in [4.69, 9.17) is 9.47 Å². The Balaban J connectivity index is 2.09. The van der Waals surface area contributed by atoms with Crippen LogP contribution in [0.2, 0.25) is 0 Å². The molecule has 1 aliphatic heterocycles. The van der Waals surface area contributed by atoms with Gasteiger partial charge in [-0.15, -0.1) is 0 Å². The highest BCUT2D eigenvalue weighted by molar-refractivity contribution is 7.75. The van der Waals surface area contributed by atoms with Crippen molar-refractivity contribution in [3.05, 3.63) is 35.4 Å².